The summed E-state index contributed by atoms with van der Waals surface area (Å²) >= 11 is 0. The van der Waals surface area contributed by atoms with Crippen LogP contribution in [0.3, 0.4) is 0 Å². The normalized spacial score (nSPS) is 11.0. The summed E-state index contributed by atoms with van der Waals surface area (Å²) in [6, 6.07) is 10.6. The summed E-state index contributed by atoms with van der Waals surface area (Å²) in [6.45, 7) is 4.20. The Labute approximate surface area is 155 Å². The molecule has 3 aromatic rings. The van der Waals surface area contributed by atoms with Crippen LogP contribution in [0.5, 0.6) is 11.5 Å². The van der Waals surface area contributed by atoms with E-state index in [1.165, 1.54) is 12.3 Å². The predicted molar refractivity (Wildman–Crippen MR) is 103 cm³/mol. The topological polar surface area (TPSA) is 115 Å². The summed E-state index contributed by atoms with van der Waals surface area (Å²) in [7, 11) is 0. The van der Waals surface area contributed by atoms with Crippen molar-refractivity contribution in [2.75, 3.05) is 18.6 Å². The van der Waals surface area contributed by atoms with Gasteiger partial charge in [0.05, 0.1) is 35.4 Å². The number of H-pyrrole nitrogens is 1. The standard InChI is InChI=1S/C18H19N5O4/c1-3-26-16-10-12(9-15(23(24)25)17(16)27-4-2)11-19-22-18-20-13-7-5-6-8-14(13)21-18/h5-11H,3-4H2,1-2H3,(H2,20,21,22)/b19-11-. The van der Waals surface area contributed by atoms with E-state index < -0.39 is 4.92 Å². The summed E-state index contributed by atoms with van der Waals surface area (Å²) < 4.78 is 10.9. The van der Waals surface area contributed by atoms with E-state index in [9.17, 15) is 10.1 Å². The minimum atomic E-state index is -0.502. The van der Waals surface area contributed by atoms with E-state index in [4.69, 9.17) is 9.47 Å². The number of benzene rings is 2. The molecule has 0 aliphatic carbocycles. The number of nitro benzene ring substituents is 1. The highest BCUT2D eigenvalue weighted by Gasteiger charge is 2.22. The summed E-state index contributed by atoms with van der Waals surface area (Å²) in [5.41, 5.74) is 4.80. The van der Waals surface area contributed by atoms with E-state index >= 15 is 0 Å². The van der Waals surface area contributed by atoms with Gasteiger partial charge in [0, 0.05) is 11.6 Å². The lowest BCUT2D eigenvalue weighted by Gasteiger charge is -2.11. The second kappa shape index (κ2) is 8.17. The van der Waals surface area contributed by atoms with Gasteiger partial charge in [0.2, 0.25) is 11.7 Å². The number of fused-ring (bicyclic) bond motifs is 1. The molecule has 0 radical (unpaired) electrons. The molecule has 0 spiro atoms. The first-order valence-corrected chi connectivity index (χ1v) is 8.44. The van der Waals surface area contributed by atoms with Crippen molar-refractivity contribution in [3.8, 4) is 11.5 Å². The SMILES string of the molecule is CCOc1cc(/C=N\Nc2nc3ccccc3[nH]2)cc([N+](=O)[O-])c1OCC. The summed E-state index contributed by atoms with van der Waals surface area (Å²) in [6.07, 6.45) is 1.46. The number of nitro groups is 1. The third-order valence-electron chi connectivity index (χ3n) is 3.62. The molecule has 2 aromatic carbocycles. The molecule has 0 saturated carbocycles. The van der Waals surface area contributed by atoms with Crippen LogP contribution in [0.1, 0.15) is 19.4 Å². The number of para-hydroxylation sites is 2. The number of rotatable bonds is 8. The average Bonchev–Trinajstić information content (AvgIpc) is 3.06. The van der Waals surface area contributed by atoms with Gasteiger partial charge < -0.3 is 14.5 Å². The van der Waals surface area contributed by atoms with E-state index in [0.29, 0.717) is 30.5 Å². The van der Waals surface area contributed by atoms with E-state index in [2.05, 4.69) is 20.5 Å². The van der Waals surface area contributed by atoms with Crippen LogP contribution >= 0.6 is 0 Å². The Morgan fingerprint density at radius 2 is 2.04 bits per heavy atom. The highest BCUT2D eigenvalue weighted by Crippen LogP contribution is 2.38. The van der Waals surface area contributed by atoms with Gasteiger partial charge in [-0.05, 0) is 32.0 Å². The number of anilines is 1. The van der Waals surface area contributed by atoms with Crippen molar-refractivity contribution in [1.29, 1.82) is 0 Å². The van der Waals surface area contributed by atoms with E-state index in [-0.39, 0.29) is 11.4 Å². The minimum Gasteiger partial charge on any atom is -0.490 e. The van der Waals surface area contributed by atoms with Crippen molar-refractivity contribution in [1.82, 2.24) is 9.97 Å². The lowest BCUT2D eigenvalue weighted by molar-refractivity contribution is -0.385. The molecule has 27 heavy (non-hydrogen) atoms. The summed E-state index contributed by atoms with van der Waals surface area (Å²) in [5.74, 6) is 0.892. The third kappa shape index (κ3) is 4.14. The largest absolute Gasteiger partial charge is 0.490 e. The second-order valence-electron chi connectivity index (χ2n) is 5.46. The highest BCUT2D eigenvalue weighted by molar-refractivity contribution is 5.84. The minimum absolute atomic E-state index is 0.117. The smallest absolute Gasteiger partial charge is 0.315 e. The van der Waals surface area contributed by atoms with Crippen LogP contribution in [-0.4, -0.2) is 34.3 Å². The molecule has 9 nitrogen and oxygen atoms in total. The molecule has 0 fully saturated rings. The fraction of sp³-hybridized carbons (Fsp3) is 0.222. The maximum Gasteiger partial charge on any atom is 0.315 e. The van der Waals surface area contributed by atoms with Crippen molar-refractivity contribution in [2.45, 2.75) is 13.8 Å². The van der Waals surface area contributed by atoms with Crippen molar-refractivity contribution in [2.24, 2.45) is 5.10 Å². The van der Waals surface area contributed by atoms with Gasteiger partial charge in [-0.15, -0.1) is 0 Å². The fourth-order valence-corrected chi connectivity index (χ4v) is 2.54. The number of nitrogens with one attached hydrogen (secondary N) is 2. The molecule has 0 bridgehead atoms. The maximum atomic E-state index is 11.4. The number of aromatic nitrogens is 2. The van der Waals surface area contributed by atoms with Gasteiger partial charge in [0.25, 0.3) is 0 Å². The number of aromatic amines is 1. The van der Waals surface area contributed by atoms with Gasteiger partial charge in [-0.25, -0.2) is 10.4 Å². The number of nitrogens with zero attached hydrogens (tertiary/aromatic N) is 3. The molecule has 0 unspecified atom stereocenters. The van der Waals surface area contributed by atoms with Crippen LogP contribution in [0.2, 0.25) is 0 Å². The van der Waals surface area contributed by atoms with E-state index in [1.54, 1.807) is 19.9 Å². The fourth-order valence-electron chi connectivity index (χ4n) is 2.54. The first kappa shape index (κ1) is 18.2. The Morgan fingerprint density at radius 3 is 2.74 bits per heavy atom. The number of imidazole rings is 1. The lowest BCUT2D eigenvalue weighted by Crippen LogP contribution is -2.03. The Morgan fingerprint density at radius 1 is 1.26 bits per heavy atom. The molecular formula is C18H19N5O4. The quantitative estimate of drug-likeness (QED) is 0.355. The van der Waals surface area contributed by atoms with Crippen LogP contribution in [0.15, 0.2) is 41.5 Å². The Bertz CT molecular complexity index is 950. The summed E-state index contributed by atoms with van der Waals surface area (Å²) in [4.78, 5) is 18.3. The zero-order valence-electron chi connectivity index (χ0n) is 14.9. The molecule has 1 heterocycles. The van der Waals surface area contributed by atoms with E-state index in [1.807, 2.05) is 24.3 Å². The van der Waals surface area contributed by atoms with Gasteiger partial charge >= 0.3 is 5.69 Å². The molecule has 140 valence electrons. The molecule has 1 aromatic heterocycles. The number of ether oxygens (including phenoxy) is 2. The van der Waals surface area contributed by atoms with Crippen molar-refractivity contribution in [3.63, 3.8) is 0 Å². The van der Waals surface area contributed by atoms with Crippen molar-refractivity contribution in [3.05, 3.63) is 52.1 Å². The second-order valence-corrected chi connectivity index (χ2v) is 5.46. The number of hydrazone groups is 1. The first-order valence-electron chi connectivity index (χ1n) is 8.44. The van der Waals surface area contributed by atoms with Crippen LogP contribution < -0.4 is 14.9 Å². The molecule has 0 aliphatic heterocycles. The predicted octanol–water partition coefficient (Wildman–Crippen LogP) is 3.71. The Hall–Kier alpha value is -3.62. The molecule has 2 N–H and O–H groups in total. The van der Waals surface area contributed by atoms with Crippen LogP contribution in [0.4, 0.5) is 11.6 Å². The number of hydrogen-bond acceptors (Lipinski definition) is 7. The van der Waals surface area contributed by atoms with Gasteiger partial charge in [0.1, 0.15) is 0 Å². The van der Waals surface area contributed by atoms with Gasteiger partial charge in [-0.1, -0.05) is 12.1 Å². The molecule has 3 rings (SSSR count). The maximum absolute atomic E-state index is 11.4. The first-order chi connectivity index (χ1) is 13.1. The van der Waals surface area contributed by atoms with Crippen molar-refractivity contribution < 1.29 is 14.4 Å². The lowest BCUT2D eigenvalue weighted by atomic mass is 10.2. The van der Waals surface area contributed by atoms with Crippen LogP contribution in [0, 0.1) is 10.1 Å². The summed E-state index contributed by atoms with van der Waals surface area (Å²) in [5, 5.41) is 15.5. The monoisotopic (exact) mass is 369 g/mol. The van der Waals surface area contributed by atoms with Gasteiger partial charge in [-0.3, -0.25) is 10.1 Å². The zero-order chi connectivity index (χ0) is 19.2. The molecule has 9 heteroatoms. The Kier molecular flexibility index (Phi) is 5.50. The van der Waals surface area contributed by atoms with Crippen LogP contribution in [0.25, 0.3) is 11.0 Å². The molecule has 0 aliphatic rings. The van der Waals surface area contributed by atoms with Crippen LogP contribution in [-0.2, 0) is 0 Å². The average molecular weight is 369 g/mol. The van der Waals surface area contributed by atoms with E-state index in [0.717, 1.165) is 11.0 Å². The van der Waals surface area contributed by atoms with Gasteiger partial charge in [0.15, 0.2) is 5.75 Å². The van der Waals surface area contributed by atoms with Crippen molar-refractivity contribution >= 4 is 28.9 Å². The molecule has 0 atom stereocenters. The zero-order valence-corrected chi connectivity index (χ0v) is 14.9. The molecular weight excluding hydrogens is 350 g/mol. The molecule has 0 saturated heterocycles. The highest BCUT2D eigenvalue weighted by atomic mass is 16.6. The number of hydrogen-bond donors (Lipinski definition) is 2. The Balaban J connectivity index is 1.86. The van der Waals surface area contributed by atoms with Gasteiger partial charge in [-0.2, -0.15) is 5.10 Å². The third-order valence-corrected chi connectivity index (χ3v) is 3.62. The molecule has 0 amide bonds.